The number of hydrogen-bond acceptors (Lipinski definition) is 4. The number of nitrogens with zero attached hydrogens (tertiary/aromatic N) is 3. The Morgan fingerprint density at radius 1 is 1.42 bits per heavy atom. The second-order valence-corrected chi connectivity index (χ2v) is 5.93. The lowest BCUT2D eigenvalue weighted by molar-refractivity contribution is -0.0796. The first-order chi connectivity index (χ1) is 9.02. The Morgan fingerprint density at radius 2 is 2.21 bits per heavy atom. The number of anilines is 1. The van der Waals surface area contributed by atoms with Gasteiger partial charge in [0.1, 0.15) is 12.1 Å². The molecular weight excluding hydrogens is 240 g/mol. The van der Waals surface area contributed by atoms with Crippen LogP contribution in [0.25, 0.3) is 5.65 Å². The summed E-state index contributed by atoms with van der Waals surface area (Å²) in [6.07, 6.45) is 2.93. The molecule has 0 bridgehead atoms. The van der Waals surface area contributed by atoms with E-state index in [2.05, 4.69) is 42.2 Å². The van der Waals surface area contributed by atoms with E-state index < -0.39 is 0 Å². The zero-order valence-corrected chi connectivity index (χ0v) is 11.8. The fraction of sp³-hybridized carbons (Fsp3) is 0.571. The van der Waals surface area contributed by atoms with Crippen molar-refractivity contribution in [3.05, 3.63) is 24.0 Å². The molecule has 1 saturated carbocycles. The number of ether oxygens (including phenoxy) is 1. The van der Waals surface area contributed by atoms with Gasteiger partial charge in [-0.3, -0.25) is 0 Å². The van der Waals surface area contributed by atoms with Gasteiger partial charge in [-0.25, -0.2) is 4.98 Å². The molecule has 2 heterocycles. The van der Waals surface area contributed by atoms with Crippen molar-refractivity contribution in [2.45, 2.75) is 39.3 Å². The van der Waals surface area contributed by atoms with E-state index >= 15 is 0 Å². The molecule has 1 aliphatic rings. The Labute approximate surface area is 113 Å². The summed E-state index contributed by atoms with van der Waals surface area (Å²) in [4.78, 5) is 4.25. The molecule has 2 unspecified atom stereocenters. The van der Waals surface area contributed by atoms with Gasteiger partial charge in [-0.15, -0.1) is 0 Å². The average molecular weight is 260 g/mol. The monoisotopic (exact) mass is 260 g/mol. The summed E-state index contributed by atoms with van der Waals surface area (Å²) in [6, 6.07) is 4.53. The van der Waals surface area contributed by atoms with E-state index in [0.717, 1.165) is 17.9 Å². The van der Waals surface area contributed by atoms with Crippen molar-refractivity contribution in [3.63, 3.8) is 0 Å². The Balaban J connectivity index is 1.88. The number of methoxy groups -OCH3 is 1. The molecule has 5 nitrogen and oxygen atoms in total. The van der Waals surface area contributed by atoms with Crippen LogP contribution in [0, 0.1) is 12.3 Å². The number of nitrogens with one attached hydrogen (secondary N) is 1. The third-order valence-electron chi connectivity index (χ3n) is 4.31. The highest BCUT2D eigenvalue weighted by Crippen LogP contribution is 2.44. The second-order valence-electron chi connectivity index (χ2n) is 5.93. The van der Waals surface area contributed by atoms with Gasteiger partial charge in [-0.1, -0.05) is 13.8 Å². The third kappa shape index (κ3) is 1.89. The lowest BCUT2D eigenvalue weighted by Gasteiger charge is -2.51. The van der Waals surface area contributed by atoms with Gasteiger partial charge in [0.15, 0.2) is 5.65 Å². The van der Waals surface area contributed by atoms with Crippen molar-refractivity contribution in [3.8, 4) is 0 Å². The van der Waals surface area contributed by atoms with Crippen LogP contribution in [-0.2, 0) is 4.74 Å². The van der Waals surface area contributed by atoms with Crippen LogP contribution in [0.5, 0.6) is 0 Å². The highest BCUT2D eigenvalue weighted by atomic mass is 16.5. The van der Waals surface area contributed by atoms with Crippen LogP contribution in [0.1, 0.15) is 25.8 Å². The Morgan fingerprint density at radius 3 is 2.89 bits per heavy atom. The Hall–Kier alpha value is -1.62. The third-order valence-corrected chi connectivity index (χ3v) is 4.31. The highest BCUT2D eigenvalue weighted by molar-refractivity contribution is 5.52. The molecule has 1 aliphatic carbocycles. The van der Waals surface area contributed by atoms with Crippen LogP contribution in [0.2, 0.25) is 0 Å². The molecule has 1 fully saturated rings. The van der Waals surface area contributed by atoms with Gasteiger partial charge in [0.25, 0.3) is 0 Å². The lowest BCUT2D eigenvalue weighted by Crippen LogP contribution is -2.57. The number of rotatable bonds is 3. The highest BCUT2D eigenvalue weighted by Gasteiger charge is 2.48. The largest absolute Gasteiger partial charge is 0.381 e. The van der Waals surface area contributed by atoms with E-state index in [1.54, 1.807) is 13.4 Å². The molecular formula is C14H20N4O. The average Bonchev–Trinajstić information content (AvgIpc) is 2.81. The van der Waals surface area contributed by atoms with Gasteiger partial charge in [0.2, 0.25) is 0 Å². The van der Waals surface area contributed by atoms with Crippen molar-refractivity contribution in [2.75, 3.05) is 12.4 Å². The maximum absolute atomic E-state index is 5.49. The Bertz CT molecular complexity index is 605. The molecule has 0 spiro atoms. The first-order valence-corrected chi connectivity index (χ1v) is 6.62. The zero-order chi connectivity index (χ0) is 13.6. The summed E-state index contributed by atoms with van der Waals surface area (Å²) in [5, 5.41) is 7.85. The molecule has 0 aliphatic heterocycles. The smallest absolute Gasteiger partial charge is 0.157 e. The normalized spacial score (nSPS) is 25.3. The fourth-order valence-electron chi connectivity index (χ4n) is 2.87. The predicted octanol–water partition coefficient (Wildman–Crippen LogP) is 2.26. The van der Waals surface area contributed by atoms with Crippen molar-refractivity contribution < 1.29 is 4.74 Å². The maximum atomic E-state index is 5.49. The van der Waals surface area contributed by atoms with E-state index in [9.17, 15) is 0 Å². The second kappa shape index (κ2) is 4.20. The van der Waals surface area contributed by atoms with E-state index in [-0.39, 0.29) is 5.41 Å². The molecule has 0 amide bonds. The quantitative estimate of drug-likeness (QED) is 0.919. The molecule has 2 atom stereocenters. The van der Waals surface area contributed by atoms with Crippen LogP contribution < -0.4 is 5.32 Å². The standard InChI is InChI=1S/C14H20N4O/c1-9-5-12-15-8-16-18(12)13(6-9)17-10-7-11(19-4)14(10,2)3/h5-6,8,10-11,17H,7H2,1-4H3. The molecule has 1 N–H and O–H groups in total. The van der Waals surface area contributed by atoms with Gasteiger partial charge in [-0.05, 0) is 31.0 Å². The van der Waals surface area contributed by atoms with Gasteiger partial charge in [-0.2, -0.15) is 9.61 Å². The fourth-order valence-corrected chi connectivity index (χ4v) is 2.87. The van der Waals surface area contributed by atoms with Crippen LogP contribution in [-0.4, -0.2) is 33.9 Å². The maximum Gasteiger partial charge on any atom is 0.157 e. The molecule has 2 aromatic rings. The molecule has 3 rings (SSSR count). The van der Waals surface area contributed by atoms with Crippen molar-refractivity contribution in [1.29, 1.82) is 0 Å². The summed E-state index contributed by atoms with van der Waals surface area (Å²) in [6.45, 7) is 6.54. The molecule has 19 heavy (non-hydrogen) atoms. The molecule has 0 radical (unpaired) electrons. The first-order valence-electron chi connectivity index (χ1n) is 6.62. The van der Waals surface area contributed by atoms with Crippen LogP contribution in [0.15, 0.2) is 18.5 Å². The summed E-state index contributed by atoms with van der Waals surface area (Å²) >= 11 is 0. The predicted molar refractivity (Wildman–Crippen MR) is 74.3 cm³/mol. The van der Waals surface area contributed by atoms with E-state index in [1.165, 1.54) is 5.56 Å². The Kier molecular flexibility index (Phi) is 2.74. The lowest BCUT2D eigenvalue weighted by atomic mass is 9.64. The van der Waals surface area contributed by atoms with Crippen molar-refractivity contribution in [2.24, 2.45) is 5.41 Å². The summed E-state index contributed by atoms with van der Waals surface area (Å²) < 4.78 is 7.34. The van der Waals surface area contributed by atoms with Crippen LogP contribution >= 0.6 is 0 Å². The first kappa shape index (κ1) is 12.4. The zero-order valence-electron chi connectivity index (χ0n) is 11.8. The number of pyridine rings is 1. The number of fused-ring (bicyclic) bond motifs is 1. The van der Waals surface area contributed by atoms with Crippen LogP contribution in [0.3, 0.4) is 0 Å². The minimum Gasteiger partial charge on any atom is -0.381 e. The van der Waals surface area contributed by atoms with Crippen molar-refractivity contribution in [1.82, 2.24) is 14.6 Å². The number of aromatic nitrogens is 3. The summed E-state index contributed by atoms with van der Waals surface area (Å²) in [5.74, 6) is 1.00. The topological polar surface area (TPSA) is 51.5 Å². The van der Waals surface area contributed by atoms with Gasteiger partial charge >= 0.3 is 0 Å². The molecule has 0 aromatic carbocycles. The van der Waals surface area contributed by atoms with Gasteiger partial charge in [0, 0.05) is 18.6 Å². The molecule has 5 heteroatoms. The minimum absolute atomic E-state index is 0.130. The molecule has 2 aromatic heterocycles. The van der Waals surface area contributed by atoms with E-state index in [4.69, 9.17) is 4.74 Å². The minimum atomic E-state index is 0.130. The summed E-state index contributed by atoms with van der Waals surface area (Å²) in [7, 11) is 1.78. The van der Waals surface area contributed by atoms with Crippen molar-refractivity contribution >= 4 is 11.5 Å². The van der Waals surface area contributed by atoms with Gasteiger partial charge < -0.3 is 10.1 Å². The van der Waals surface area contributed by atoms with Gasteiger partial charge in [0.05, 0.1) is 6.10 Å². The molecule has 0 saturated heterocycles. The van der Waals surface area contributed by atoms with E-state index in [1.807, 2.05) is 10.6 Å². The SMILES string of the molecule is COC1CC(Nc2cc(C)cc3ncnn23)C1(C)C. The number of hydrogen-bond donors (Lipinski definition) is 1. The van der Waals surface area contributed by atoms with E-state index in [0.29, 0.717) is 12.1 Å². The van der Waals surface area contributed by atoms with Crippen LogP contribution in [0.4, 0.5) is 5.82 Å². The summed E-state index contributed by atoms with van der Waals surface area (Å²) in [5.41, 5.74) is 2.19. The molecule has 102 valence electrons. The number of aryl methyl sites for hydroxylation is 1.